The lowest BCUT2D eigenvalue weighted by atomic mass is 10.1. The van der Waals surface area contributed by atoms with Crippen molar-refractivity contribution in [1.29, 1.82) is 0 Å². The number of benzene rings is 1. The number of carbonyl (C=O) groups is 2. The van der Waals surface area contributed by atoms with Crippen LogP contribution in [-0.2, 0) is 4.79 Å². The van der Waals surface area contributed by atoms with Gasteiger partial charge in [-0.3, -0.25) is 14.9 Å². The Bertz CT molecular complexity index is 1440. The second kappa shape index (κ2) is 8.75. The Morgan fingerprint density at radius 1 is 1.32 bits per heavy atom. The lowest BCUT2D eigenvalue weighted by Crippen LogP contribution is -2.40. The summed E-state index contributed by atoms with van der Waals surface area (Å²) in [5.74, 6) is -0.504. The van der Waals surface area contributed by atoms with Gasteiger partial charge in [-0.15, -0.1) is 0 Å². The summed E-state index contributed by atoms with van der Waals surface area (Å²) < 4.78 is 7.25. The topological polar surface area (TPSA) is 145 Å². The van der Waals surface area contributed by atoms with E-state index in [2.05, 4.69) is 25.4 Å². The Kier molecular flexibility index (Phi) is 5.62. The number of hydrogen-bond donors (Lipinski definition) is 2. The van der Waals surface area contributed by atoms with Crippen molar-refractivity contribution in [3.63, 3.8) is 0 Å². The molecule has 5 rings (SSSR count). The van der Waals surface area contributed by atoms with Crippen molar-refractivity contribution in [3.8, 4) is 0 Å². The first-order valence-corrected chi connectivity index (χ1v) is 11.1. The molecule has 1 fully saturated rings. The summed E-state index contributed by atoms with van der Waals surface area (Å²) >= 11 is 6.00. The monoisotopic (exact) mass is 480 g/mol. The molecule has 3 N–H and O–H groups in total. The second-order valence-electron chi connectivity index (χ2n) is 7.92. The van der Waals surface area contributed by atoms with Crippen LogP contribution in [0, 0.1) is 0 Å². The largest absolute Gasteiger partial charge is 0.423 e. The molecule has 3 aromatic heterocycles. The molecule has 4 aromatic rings. The van der Waals surface area contributed by atoms with Crippen LogP contribution in [0.3, 0.4) is 0 Å². The SMILES string of the molecule is CC=CC(=O)N1CCCC(n2nc(C(=O)Nc3nc4cc(Cl)ccc4o3)c3c(N)ncnc32)C1. The number of rotatable bonds is 4. The normalized spacial score (nSPS) is 16.5. The highest BCUT2D eigenvalue weighted by Crippen LogP contribution is 2.29. The fraction of sp³-hybridized carbons (Fsp3) is 0.273. The first kappa shape index (κ1) is 21.8. The van der Waals surface area contributed by atoms with Crippen molar-refractivity contribution in [3.05, 3.63) is 47.4 Å². The molecule has 12 heteroatoms. The minimum absolute atomic E-state index is 0.00109. The number of amides is 2. The van der Waals surface area contributed by atoms with E-state index in [-0.39, 0.29) is 29.5 Å². The maximum Gasteiger partial charge on any atom is 0.302 e. The summed E-state index contributed by atoms with van der Waals surface area (Å²) in [4.78, 5) is 39.9. The third kappa shape index (κ3) is 3.94. The highest BCUT2D eigenvalue weighted by Gasteiger charge is 2.29. The number of nitrogens with one attached hydrogen (secondary N) is 1. The van der Waals surface area contributed by atoms with E-state index < -0.39 is 5.91 Å². The smallest absolute Gasteiger partial charge is 0.302 e. The number of oxazole rings is 1. The van der Waals surface area contributed by atoms with Crippen molar-refractivity contribution < 1.29 is 14.0 Å². The number of aromatic nitrogens is 5. The molecule has 0 radical (unpaired) electrons. The molecule has 34 heavy (non-hydrogen) atoms. The Balaban J connectivity index is 1.49. The van der Waals surface area contributed by atoms with Gasteiger partial charge in [-0.25, -0.2) is 14.6 Å². The average Bonchev–Trinajstić information content (AvgIpc) is 3.41. The van der Waals surface area contributed by atoms with E-state index >= 15 is 0 Å². The molecule has 4 heterocycles. The van der Waals surface area contributed by atoms with Crippen LogP contribution in [0.2, 0.25) is 5.02 Å². The molecule has 1 aliphatic heterocycles. The van der Waals surface area contributed by atoms with Gasteiger partial charge in [0.15, 0.2) is 16.9 Å². The van der Waals surface area contributed by atoms with Crippen molar-refractivity contribution in [2.24, 2.45) is 0 Å². The molecule has 174 valence electrons. The van der Waals surface area contributed by atoms with E-state index in [0.717, 1.165) is 12.8 Å². The third-order valence-corrected chi connectivity index (χ3v) is 5.90. The number of anilines is 2. The van der Waals surface area contributed by atoms with Gasteiger partial charge < -0.3 is 15.1 Å². The Labute approximate surface area is 198 Å². The number of halogens is 1. The lowest BCUT2D eigenvalue weighted by molar-refractivity contribution is -0.127. The Morgan fingerprint density at radius 2 is 2.18 bits per heavy atom. The zero-order chi connectivity index (χ0) is 23.8. The van der Waals surface area contributed by atoms with Crippen LogP contribution < -0.4 is 11.1 Å². The summed E-state index contributed by atoms with van der Waals surface area (Å²) in [6.45, 7) is 2.90. The number of carbonyl (C=O) groups excluding carboxylic acids is 2. The lowest BCUT2D eigenvalue weighted by Gasteiger charge is -2.32. The molecule has 0 bridgehead atoms. The van der Waals surface area contributed by atoms with Gasteiger partial charge in [-0.2, -0.15) is 10.1 Å². The Hall–Kier alpha value is -3.99. The van der Waals surface area contributed by atoms with Gasteiger partial charge in [0.05, 0.1) is 11.4 Å². The zero-order valence-electron chi connectivity index (χ0n) is 18.2. The van der Waals surface area contributed by atoms with Crippen molar-refractivity contribution in [2.75, 3.05) is 24.1 Å². The summed E-state index contributed by atoms with van der Waals surface area (Å²) in [7, 11) is 0. The molecule has 1 aliphatic rings. The van der Waals surface area contributed by atoms with Crippen LogP contribution in [0.1, 0.15) is 36.3 Å². The summed E-state index contributed by atoms with van der Waals surface area (Å²) in [5.41, 5.74) is 7.57. The first-order valence-electron chi connectivity index (χ1n) is 10.7. The number of fused-ring (bicyclic) bond motifs is 2. The van der Waals surface area contributed by atoms with Gasteiger partial charge >= 0.3 is 6.01 Å². The van der Waals surface area contributed by atoms with Crippen LogP contribution in [0.4, 0.5) is 11.8 Å². The predicted molar refractivity (Wildman–Crippen MR) is 126 cm³/mol. The number of nitrogens with two attached hydrogens (primary N) is 1. The molecular weight excluding hydrogens is 460 g/mol. The average molecular weight is 481 g/mol. The van der Waals surface area contributed by atoms with Crippen molar-refractivity contribution >= 4 is 57.4 Å². The molecular formula is C22H21ClN8O3. The molecule has 1 saturated heterocycles. The van der Waals surface area contributed by atoms with E-state index in [1.54, 1.807) is 40.8 Å². The minimum atomic E-state index is -0.569. The number of hydrogen-bond acceptors (Lipinski definition) is 8. The van der Waals surface area contributed by atoms with Gasteiger partial charge in [-0.1, -0.05) is 17.7 Å². The van der Waals surface area contributed by atoms with Gasteiger partial charge in [0.2, 0.25) is 5.91 Å². The Morgan fingerprint density at radius 3 is 3.00 bits per heavy atom. The third-order valence-electron chi connectivity index (χ3n) is 5.67. The fourth-order valence-corrected chi connectivity index (χ4v) is 4.29. The molecule has 1 aromatic carbocycles. The molecule has 0 aliphatic carbocycles. The highest BCUT2D eigenvalue weighted by molar-refractivity contribution is 6.31. The van der Waals surface area contributed by atoms with Gasteiger partial charge in [-0.05, 0) is 44.0 Å². The molecule has 2 amide bonds. The van der Waals surface area contributed by atoms with E-state index in [9.17, 15) is 9.59 Å². The molecule has 1 atom stereocenters. The van der Waals surface area contributed by atoms with Crippen LogP contribution in [0.5, 0.6) is 0 Å². The first-order chi connectivity index (χ1) is 16.4. The standard InChI is InChI=1S/C22H21ClN8O3/c1-2-4-16(32)30-8-3-5-13(10-30)31-20-17(19(24)25-11-26-20)18(29-31)21(33)28-22-27-14-9-12(23)6-7-15(14)34-22/h2,4,6-7,9,11,13H,3,5,8,10H2,1H3,(H2,24,25,26)(H,27,28,33). The van der Waals surface area contributed by atoms with Crippen molar-refractivity contribution in [1.82, 2.24) is 29.6 Å². The highest BCUT2D eigenvalue weighted by atomic mass is 35.5. The maximum atomic E-state index is 13.2. The van der Waals surface area contributed by atoms with E-state index in [1.165, 1.54) is 12.4 Å². The minimum Gasteiger partial charge on any atom is -0.423 e. The number of nitrogens with zero attached hydrogens (tertiary/aromatic N) is 6. The second-order valence-corrected chi connectivity index (χ2v) is 8.35. The van der Waals surface area contributed by atoms with Crippen molar-refractivity contribution in [2.45, 2.75) is 25.8 Å². The van der Waals surface area contributed by atoms with Gasteiger partial charge in [0.1, 0.15) is 17.7 Å². The number of piperidine rings is 1. The zero-order valence-corrected chi connectivity index (χ0v) is 19.0. The quantitative estimate of drug-likeness (QED) is 0.423. The summed E-state index contributed by atoms with van der Waals surface area (Å²) in [5, 5.41) is 8.01. The molecule has 1 unspecified atom stereocenters. The summed E-state index contributed by atoms with van der Waals surface area (Å²) in [6, 6.07) is 4.80. The maximum absolute atomic E-state index is 13.2. The number of likely N-dealkylation sites (tertiary alicyclic amines) is 1. The number of nitrogen functional groups attached to an aromatic ring is 1. The number of allylic oxidation sites excluding steroid dienone is 1. The predicted octanol–water partition coefficient (Wildman–Crippen LogP) is 3.20. The fourth-order valence-electron chi connectivity index (χ4n) is 4.12. The van der Waals surface area contributed by atoms with Crippen LogP contribution in [0.15, 0.2) is 41.1 Å². The van der Waals surface area contributed by atoms with Crippen LogP contribution >= 0.6 is 11.6 Å². The van der Waals surface area contributed by atoms with Crippen LogP contribution in [-0.4, -0.2) is 54.5 Å². The van der Waals surface area contributed by atoms with Gasteiger partial charge in [0, 0.05) is 18.1 Å². The molecule has 0 saturated carbocycles. The van der Waals surface area contributed by atoms with E-state index in [1.807, 2.05) is 0 Å². The molecule has 11 nitrogen and oxygen atoms in total. The van der Waals surface area contributed by atoms with E-state index in [4.69, 9.17) is 21.8 Å². The summed E-state index contributed by atoms with van der Waals surface area (Å²) in [6.07, 6.45) is 6.14. The van der Waals surface area contributed by atoms with Crippen LogP contribution in [0.25, 0.3) is 22.1 Å². The van der Waals surface area contributed by atoms with Gasteiger partial charge in [0.25, 0.3) is 5.91 Å². The molecule has 0 spiro atoms. The van der Waals surface area contributed by atoms with E-state index in [0.29, 0.717) is 40.2 Å².